The van der Waals surface area contributed by atoms with Gasteiger partial charge in [0.1, 0.15) is 24.2 Å². The number of nitrogens with zero attached hydrogens (tertiary/aromatic N) is 3. The van der Waals surface area contributed by atoms with Crippen molar-refractivity contribution in [2.75, 3.05) is 18.0 Å². The highest BCUT2D eigenvalue weighted by molar-refractivity contribution is 5.56. The molecule has 4 rings (SSSR count). The van der Waals surface area contributed by atoms with Gasteiger partial charge in [-0.2, -0.15) is 10.2 Å². The lowest BCUT2D eigenvalue weighted by molar-refractivity contribution is 0.269. The lowest BCUT2D eigenvalue weighted by Gasteiger charge is -2.29. The van der Waals surface area contributed by atoms with E-state index in [9.17, 15) is 5.26 Å². The average Bonchev–Trinajstić information content (AvgIpc) is 3.36. The Kier molecular flexibility index (Phi) is 5.30. The van der Waals surface area contributed by atoms with Crippen molar-refractivity contribution in [3.63, 3.8) is 0 Å². The first-order chi connectivity index (χ1) is 14.0. The summed E-state index contributed by atoms with van der Waals surface area (Å²) in [6, 6.07) is 11.9. The summed E-state index contributed by atoms with van der Waals surface area (Å²) in [5.74, 6) is 3.58. The van der Waals surface area contributed by atoms with Crippen LogP contribution in [0.2, 0.25) is 0 Å². The van der Waals surface area contributed by atoms with Gasteiger partial charge in [-0.1, -0.05) is 19.1 Å². The molecule has 3 heterocycles. The maximum Gasteiger partial charge on any atom is 0.266 e. The smallest absolute Gasteiger partial charge is 0.266 e. The van der Waals surface area contributed by atoms with Crippen LogP contribution in [-0.2, 0) is 6.61 Å². The molecular formula is C23H25N3O3. The van der Waals surface area contributed by atoms with Crippen LogP contribution in [0.3, 0.4) is 0 Å². The van der Waals surface area contributed by atoms with Crippen molar-refractivity contribution in [2.45, 2.75) is 40.2 Å². The molecule has 0 aliphatic carbocycles. The van der Waals surface area contributed by atoms with Gasteiger partial charge in [0.15, 0.2) is 5.76 Å². The third-order valence-corrected chi connectivity index (χ3v) is 5.37. The number of ether oxygens (including phenoxy) is 1. The van der Waals surface area contributed by atoms with Crippen molar-refractivity contribution in [3.05, 3.63) is 52.9 Å². The van der Waals surface area contributed by atoms with Crippen molar-refractivity contribution in [3.8, 4) is 23.5 Å². The van der Waals surface area contributed by atoms with E-state index < -0.39 is 0 Å². The molecule has 0 unspecified atom stereocenters. The van der Waals surface area contributed by atoms with E-state index >= 15 is 0 Å². The summed E-state index contributed by atoms with van der Waals surface area (Å²) in [5.41, 5.74) is 2.53. The summed E-state index contributed by atoms with van der Waals surface area (Å²) < 4.78 is 17.7. The molecule has 0 saturated carbocycles. The maximum absolute atomic E-state index is 9.48. The van der Waals surface area contributed by atoms with Crippen LogP contribution in [0.25, 0.3) is 11.7 Å². The minimum atomic E-state index is 0.305. The van der Waals surface area contributed by atoms with Crippen molar-refractivity contribution in [1.82, 2.24) is 4.98 Å². The number of aromatic nitrogens is 1. The van der Waals surface area contributed by atoms with Crippen LogP contribution < -0.4 is 9.64 Å². The second-order valence-corrected chi connectivity index (χ2v) is 7.78. The third-order valence-electron chi connectivity index (χ3n) is 5.37. The summed E-state index contributed by atoms with van der Waals surface area (Å²) >= 11 is 0. The van der Waals surface area contributed by atoms with E-state index in [1.54, 1.807) is 6.07 Å². The van der Waals surface area contributed by atoms with Gasteiger partial charge in [-0.05, 0) is 61.9 Å². The van der Waals surface area contributed by atoms with Gasteiger partial charge in [-0.3, -0.25) is 0 Å². The van der Waals surface area contributed by atoms with Gasteiger partial charge in [0.25, 0.3) is 5.89 Å². The van der Waals surface area contributed by atoms with Crippen LogP contribution in [0.15, 0.2) is 39.2 Å². The van der Waals surface area contributed by atoms with Crippen LogP contribution in [0.1, 0.15) is 42.3 Å². The van der Waals surface area contributed by atoms with Crippen LogP contribution in [0, 0.1) is 31.1 Å². The van der Waals surface area contributed by atoms with Gasteiger partial charge in [-0.15, -0.1) is 0 Å². The van der Waals surface area contributed by atoms with Crippen molar-refractivity contribution < 1.29 is 13.6 Å². The number of piperidine rings is 1. The van der Waals surface area contributed by atoms with Crippen LogP contribution in [-0.4, -0.2) is 18.1 Å². The quantitative estimate of drug-likeness (QED) is 0.592. The maximum atomic E-state index is 9.48. The molecule has 150 valence electrons. The summed E-state index contributed by atoms with van der Waals surface area (Å²) in [6.45, 7) is 8.36. The summed E-state index contributed by atoms with van der Waals surface area (Å²) in [6.07, 6.45) is 2.17. The largest absolute Gasteiger partial charge is 0.485 e. The summed E-state index contributed by atoms with van der Waals surface area (Å²) in [5, 5.41) is 9.48. The normalized spacial score (nSPS) is 14.8. The first-order valence-electron chi connectivity index (χ1n) is 9.98. The van der Waals surface area contributed by atoms with Gasteiger partial charge in [0, 0.05) is 13.1 Å². The van der Waals surface area contributed by atoms with Gasteiger partial charge >= 0.3 is 0 Å². The molecule has 1 aromatic carbocycles. The van der Waals surface area contributed by atoms with E-state index in [-0.39, 0.29) is 0 Å². The fourth-order valence-electron chi connectivity index (χ4n) is 3.50. The zero-order valence-corrected chi connectivity index (χ0v) is 17.1. The van der Waals surface area contributed by atoms with Gasteiger partial charge < -0.3 is 18.5 Å². The van der Waals surface area contributed by atoms with E-state index in [1.807, 2.05) is 32.0 Å². The highest BCUT2D eigenvalue weighted by atomic mass is 16.5. The zero-order valence-electron chi connectivity index (χ0n) is 17.1. The monoisotopic (exact) mass is 391 g/mol. The number of hydrogen-bond donors (Lipinski definition) is 0. The fraction of sp³-hybridized carbons (Fsp3) is 0.391. The summed E-state index contributed by atoms with van der Waals surface area (Å²) in [4.78, 5) is 6.45. The first-order valence-corrected chi connectivity index (χ1v) is 9.98. The third kappa shape index (κ3) is 4.14. The van der Waals surface area contributed by atoms with Gasteiger partial charge in [-0.25, -0.2) is 0 Å². The number of oxazole rings is 1. The van der Waals surface area contributed by atoms with Crippen LogP contribution in [0.4, 0.5) is 5.88 Å². The molecule has 2 aromatic heterocycles. The van der Waals surface area contributed by atoms with Crippen molar-refractivity contribution >= 4 is 5.88 Å². The van der Waals surface area contributed by atoms with Gasteiger partial charge in [0.2, 0.25) is 11.6 Å². The lowest BCUT2D eigenvalue weighted by atomic mass is 9.99. The number of nitriles is 1. The van der Waals surface area contributed by atoms with Gasteiger partial charge in [0.05, 0.1) is 0 Å². The Morgan fingerprint density at radius 1 is 1.17 bits per heavy atom. The summed E-state index contributed by atoms with van der Waals surface area (Å²) in [7, 11) is 0. The standard InChI is InChI=1S/C23H25N3O3/c1-15-8-10-26(11-9-15)23-19(13-24)25-22(29-23)20-7-6-18(28-20)14-27-21-12-16(2)4-5-17(21)3/h4-7,12,15H,8-11,14H2,1-3H3. The number of benzene rings is 1. The van der Waals surface area contributed by atoms with E-state index in [4.69, 9.17) is 13.6 Å². The Morgan fingerprint density at radius 3 is 2.72 bits per heavy atom. The molecule has 3 aromatic rings. The number of hydrogen-bond acceptors (Lipinski definition) is 6. The molecule has 29 heavy (non-hydrogen) atoms. The van der Waals surface area contributed by atoms with E-state index in [2.05, 4.69) is 28.9 Å². The molecule has 6 nitrogen and oxygen atoms in total. The van der Waals surface area contributed by atoms with E-state index in [0.717, 1.165) is 42.8 Å². The predicted molar refractivity (Wildman–Crippen MR) is 110 cm³/mol. The Hall–Kier alpha value is -3.20. The zero-order chi connectivity index (χ0) is 20.4. The second-order valence-electron chi connectivity index (χ2n) is 7.78. The van der Waals surface area contributed by atoms with Crippen LogP contribution >= 0.6 is 0 Å². The SMILES string of the molecule is Cc1ccc(C)c(OCc2ccc(-c3nc(C#N)c(N4CCC(C)CC4)o3)o2)c1. The number of rotatable bonds is 5. The molecule has 0 atom stereocenters. The van der Waals surface area contributed by atoms with Crippen LogP contribution in [0.5, 0.6) is 5.75 Å². The molecule has 0 N–H and O–H groups in total. The Morgan fingerprint density at radius 2 is 1.97 bits per heavy atom. The molecule has 1 aliphatic heterocycles. The second kappa shape index (κ2) is 8.04. The highest BCUT2D eigenvalue weighted by Crippen LogP contribution is 2.32. The predicted octanol–water partition coefficient (Wildman–Crippen LogP) is 5.24. The molecule has 1 aliphatic rings. The Balaban J connectivity index is 1.49. The molecule has 1 fully saturated rings. The van der Waals surface area contributed by atoms with E-state index in [0.29, 0.717) is 41.5 Å². The average molecular weight is 391 g/mol. The highest BCUT2D eigenvalue weighted by Gasteiger charge is 2.25. The molecule has 0 bridgehead atoms. The molecule has 6 heteroatoms. The number of furan rings is 1. The molecule has 0 spiro atoms. The number of aryl methyl sites for hydroxylation is 2. The Bertz CT molecular complexity index is 1040. The fourth-order valence-corrected chi connectivity index (χ4v) is 3.50. The van der Waals surface area contributed by atoms with E-state index in [1.165, 1.54) is 0 Å². The first kappa shape index (κ1) is 19.1. The lowest BCUT2D eigenvalue weighted by Crippen LogP contribution is -2.32. The topological polar surface area (TPSA) is 75.4 Å². The molecular weight excluding hydrogens is 366 g/mol. The molecule has 0 radical (unpaired) electrons. The minimum Gasteiger partial charge on any atom is -0.485 e. The van der Waals surface area contributed by atoms with Crippen molar-refractivity contribution in [2.24, 2.45) is 5.92 Å². The minimum absolute atomic E-state index is 0.305. The van der Waals surface area contributed by atoms with Crippen molar-refractivity contribution in [1.29, 1.82) is 5.26 Å². The number of anilines is 1. The molecule has 1 saturated heterocycles. The Labute approximate surface area is 170 Å². The molecule has 0 amide bonds.